The molecule has 4 heteroatoms. The van der Waals surface area contributed by atoms with E-state index in [1.807, 2.05) is 54.6 Å². The molecule has 1 atom stereocenters. The number of amides is 1. The fourth-order valence-electron chi connectivity index (χ4n) is 2.39. The number of rotatable bonds is 3. The topological polar surface area (TPSA) is 32.7 Å². The molecule has 1 aliphatic heterocycles. The Morgan fingerprint density at radius 1 is 1.10 bits per heavy atom. The lowest BCUT2D eigenvalue weighted by Crippen LogP contribution is -2.17. The highest BCUT2D eigenvalue weighted by Gasteiger charge is 2.28. The number of hydrogen-bond acceptors (Lipinski definition) is 2. The molecule has 0 saturated heterocycles. The minimum Gasteiger partial charge on any atom is -0.277 e. The lowest BCUT2D eigenvalue weighted by molar-refractivity contribution is -0.119. The third-order valence-corrected chi connectivity index (χ3v) is 3.94. The lowest BCUT2D eigenvalue weighted by Gasteiger charge is -2.16. The van der Waals surface area contributed by atoms with E-state index in [0.29, 0.717) is 0 Å². The monoisotopic (exact) mass is 328 g/mol. The third-order valence-electron chi connectivity index (χ3n) is 3.41. The molecule has 2 aromatic carbocycles. The van der Waals surface area contributed by atoms with Crippen LogP contribution in [-0.4, -0.2) is 17.1 Å². The second-order valence-corrected chi connectivity index (χ2v) is 5.59. The molecule has 1 heterocycles. The van der Waals surface area contributed by atoms with Gasteiger partial charge in [0.25, 0.3) is 0 Å². The van der Waals surface area contributed by atoms with Crippen LogP contribution in [0.3, 0.4) is 0 Å². The van der Waals surface area contributed by atoms with E-state index >= 15 is 0 Å². The van der Waals surface area contributed by atoms with Crippen LogP contribution in [-0.2, 0) is 4.79 Å². The first kappa shape index (κ1) is 13.1. The van der Waals surface area contributed by atoms with Crippen LogP contribution in [0, 0.1) is 0 Å². The van der Waals surface area contributed by atoms with Gasteiger partial charge in [-0.3, -0.25) is 4.79 Å². The summed E-state index contributed by atoms with van der Waals surface area (Å²) in [4.78, 5) is 11.2. The Morgan fingerprint density at radius 3 is 2.45 bits per heavy atom. The average molecular weight is 329 g/mol. The van der Waals surface area contributed by atoms with Crippen molar-refractivity contribution < 1.29 is 4.79 Å². The van der Waals surface area contributed by atoms with Crippen molar-refractivity contribution in [2.45, 2.75) is 12.5 Å². The first-order valence-corrected chi connectivity index (χ1v) is 7.19. The number of hydrogen-bond donors (Lipinski definition) is 0. The van der Waals surface area contributed by atoms with Gasteiger partial charge in [0.05, 0.1) is 11.8 Å². The summed E-state index contributed by atoms with van der Waals surface area (Å²) in [7, 11) is 0. The van der Waals surface area contributed by atoms with Crippen molar-refractivity contribution in [3.05, 3.63) is 70.2 Å². The SMILES string of the molecule is O=CN1N=C(c2ccc(Br)cc2)C[C@@H]1c1ccccc1. The molecule has 0 unspecified atom stereocenters. The largest absolute Gasteiger partial charge is 0.277 e. The number of halogens is 1. The minimum atomic E-state index is -0.00709. The van der Waals surface area contributed by atoms with Crippen LogP contribution < -0.4 is 0 Å². The van der Waals surface area contributed by atoms with Gasteiger partial charge in [0.2, 0.25) is 6.41 Å². The zero-order valence-electron chi connectivity index (χ0n) is 10.7. The van der Waals surface area contributed by atoms with Crippen molar-refractivity contribution in [1.29, 1.82) is 0 Å². The molecule has 3 rings (SSSR count). The minimum absolute atomic E-state index is 0.00709. The van der Waals surface area contributed by atoms with E-state index in [4.69, 9.17) is 0 Å². The summed E-state index contributed by atoms with van der Waals surface area (Å²) in [6, 6.07) is 18.0. The van der Waals surface area contributed by atoms with Crippen molar-refractivity contribution in [3.63, 3.8) is 0 Å². The summed E-state index contributed by atoms with van der Waals surface area (Å²) in [5.41, 5.74) is 3.10. The maximum absolute atomic E-state index is 11.2. The summed E-state index contributed by atoms with van der Waals surface area (Å²) in [5.74, 6) is 0. The molecule has 0 N–H and O–H groups in total. The maximum atomic E-state index is 11.2. The fourth-order valence-corrected chi connectivity index (χ4v) is 2.65. The molecular weight excluding hydrogens is 316 g/mol. The Kier molecular flexibility index (Phi) is 3.65. The number of benzene rings is 2. The number of nitrogens with zero attached hydrogens (tertiary/aromatic N) is 2. The van der Waals surface area contributed by atoms with Gasteiger partial charge < -0.3 is 0 Å². The Bertz CT molecular complexity index is 637. The van der Waals surface area contributed by atoms with Crippen molar-refractivity contribution in [2.24, 2.45) is 5.10 Å². The van der Waals surface area contributed by atoms with Crippen molar-refractivity contribution in [1.82, 2.24) is 5.01 Å². The highest BCUT2D eigenvalue weighted by Crippen LogP contribution is 2.31. The molecule has 0 spiro atoms. The highest BCUT2D eigenvalue weighted by molar-refractivity contribution is 9.10. The summed E-state index contributed by atoms with van der Waals surface area (Å²) >= 11 is 3.42. The van der Waals surface area contributed by atoms with Gasteiger partial charge in [-0.1, -0.05) is 58.4 Å². The van der Waals surface area contributed by atoms with Gasteiger partial charge >= 0.3 is 0 Å². The third kappa shape index (κ3) is 2.51. The zero-order chi connectivity index (χ0) is 13.9. The second kappa shape index (κ2) is 5.59. The molecule has 0 bridgehead atoms. The van der Waals surface area contributed by atoms with Crippen molar-refractivity contribution >= 4 is 28.1 Å². The molecule has 0 aliphatic carbocycles. The number of carbonyl (C=O) groups is 1. The van der Waals surface area contributed by atoms with E-state index < -0.39 is 0 Å². The van der Waals surface area contributed by atoms with E-state index in [2.05, 4.69) is 21.0 Å². The van der Waals surface area contributed by atoms with Crippen LogP contribution in [0.1, 0.15) is 23.6 Å². The first-order valence-electron chi connectivity index (χ1n) is 6.40. The smallest absolute Gasteiger partial charge is 0.230 e. The van der Waals surface area contributed by atoms with Crippen LogP contribution in [0.4, 0.5) is 0 Å². The quantitative estimate of drug-likeness (QED) is 0.789. The van der Waals surface area contributed by atoms with Crippen LogP contribution in [0.25, 0.3) is 0 Å². The van der Waals surface area contributed by atoms with Gasteiger partial charge in [-0.25, -0.2) is 5.01 Å². The predicted molar refractivity (Wildman–Crippen MR) is 82.4 cm³/mol. The Balaban J connectivity index is 1.89. The van der Waals surface area contributed by atoms with E-state index in [0.717, 1.165) is 34.1 Å². The standard InChI is InChI=1S/C16H13BrN2O/c17-14-8-6-12(7-9-14)15-10-16(19(11-20)18-15)13-4-2-1-3-5-13/h1-9,11,16H,10H2/t16-/m1/s1. The molecule has 0 radical (unpaired) electrons. The van der Waals surface area contributed by atoms with Crippen molar-refractivity contribution in [2.75, 3.05) is 0 Å². The summed E-state index contributed by atoms with van der Waals surface area (Å²) < 4.78 is 1.03. The Labute approximate surface area is 126 Å². The number of carbonyl (C=O) groups excluding carboxylic acids is 1. The van der Waals surface area contributed by atoms with E-state index in [-0.39, 0.29) is 6.04 Å². The molecule has 1 aliphatic rings. The van der Waals surface area contributed by atoms with Gasteiger partial charge in [0.15, 0.2) is 0 Å². The highest BCUT2D eigenvalue weighted by atomic mass is 79.9. The molecule has 3 nitrogen and oxygen atoms in total. The van der Waals surface area contributed by atoms with Gasteiger partial charge in [-0.15, -0.1) is 0 Å². The predicted octanol–water partition coefficient (Wildman–Crippen LogP) is 3.76. The summed E-state index contributed by atoms with van der Waals surface area (Å²) in [5, 5.41) is 5.94. The van der Waals surface area contributed by atoms with Gasteiger partial charge in [0, 0.05) is 10.9 Å². The van der Waals surface area contributed by atoms with Gasteiger partial charge in [0.1, 0.15) is 0 Å². The maximum Gasteiger partial charge on any atom is 0.230 e. The molecule has 0 saturated carbocycles. The molecule has 100 valence electrons. The summed E-state index contributed by atoms with van der Waals surface area (Å²) in [6.07, 6.45) is 1.54. The zero-order valence-corrected chi connectivity index (χ0v) is 12.3. The normalized spacial score (nSPS) is 17.9. The van der Waals surface area contributed by atoms with Crippen molar-refractivity contribution in [3.8, 4) is 0 Å². The molecule has 20 heavy (non-hydrogen) atoms. The van der Waals surface area contributed by atoms with E-state index in [1.165, 1.54) is 5.01 Å². The number of hydrazone groups is 1. The summed E-state index contributed by atoms with van der Waals surface area (Å²) in [6.45, 7) is 0. The van der Waals surface area contributed by atoms with Crippen LogP contribution in [0.5, 0.6) is 0 Å². The van der Waals surface area contributed by atoms with Crippen LogP contribution >= 0.6 is 15.9 Å². The van der Waals surface area contributed by atoms with Crippen LogP contribution in [0.15, 0.2) is 64.2 Å². The van der Waals surface area contributed by atoms with Gasteiger partial charge in [-0.2, -0.15) is 5.10 Å². The molecule has 2 aromatic rings. The van der Waals surface area contributed by atoms with E-state index in [1.54, 1.807) is 0 Å². The Morgan fingerprint density at radius 2 is 1.80 bits per heavy atom. The molecule has 1 amide bonds. The molecule has 0 fully saturated rings. The lowest BCUT2D eigenvalue weighted by atomic mass is 9.99. The molecular formula is C16H13BrN2O. The molecule has 0 aromatic heterocycles. The van der Waals surface area contributed by atoms with Crippen LogP contribution in [0.2, 0.25) is 0 Å². The second-order valence-electron chi connectivity index (χ2n) is 4.67. The van der Waals surface area contributed by atoms with E-state index in [9.17, 15) is 4.79 Å². The average Bonchev–Trinajstić information content (AvgIpc) is 2.93. The first-order chi connectivity index (χ1) is 9.78. The fraction of sp³-hybridized carbons (Fsp3) is 0.125. The van der Waals surface area contributed by atoms with Gasteiger partial charge in [-0.05, 0) is 23.3 Å². The Hall–Kier alpha value is -1.94.